The molecular formula is C23H36N4O2S. The fourth-order valence-electron chi connectivity index (χ4n) is 4.79. The van der Waals surface area contributed by atoms with Gasteiger partial charge in [-0.1, -0.05) is 25.6 Å². The number of carbonyl (C=O) groups excluding carboxylic acids is 2. The average molecular weight is 433 g/mol. The third kappa shape index (κ3) is 6.20. The summed E-state index contributed by atoms with van der Waals surface area (Å²) >= 11 is 1.51. The van der Waals surface area contributed by atoms with Crippen LogP contribution in [0.5, 0.6) is 0 Å². The highest BCUT2D eigenvalue weighted by molar-refractivity contribution is 8.00. The van der Waals surface area contributed by atoms with E-state index in [9.17, 15) is 9.59 Å². The molecule has 30 heavy (non-hydrogen) atoms. The molecule has 2 atom stereocenters. The zero-order valence-electron chi connectivity index (χ0n) is 18.9. The number of aryl methyl sites for hydroxylation is 2. The van der Waals surface area contributed by atoms with Gasteiger partial charge >= 0.3 is 0 Å². The van der Waals surface area contributed by atoms with Crippen LogP contribution in [0.4, 0.5) is 5.69 Å². The summed E-state index contributed by atoms with van der Waals surface area (Å²) in [4.78, 5) is 33.6. The predicted molar refractivity (Wildman–Crippen MR) is 123 cm³/mol. The number of carbonyl (C=O) groups is 2. The zero-order chi connectivity index (χ0) is 21.7. The van der Waals surface area contributed by atoms with Gasteiger partial charge < -0.3 is 15.1 Å². The molecule has 1 aromatic rings. The SMILES string of the molecule is Cc1cc(C)c2c(n1)SCC(=O)N2CCCC(=O)NCCCN1C[C@@H](C)C[C@H](C)C1. The number of likely N-dealkylation sites (tertiary alicyclic amines) is 1. The number of hydrogen-bond donors (Lipinski definition) is 1. The van der Waals surface area contributed by atoms with Crippen molar-refractivity contribution in [1.29, 1.82) is 0 Å². The topological polar surface area (TPSA) is 65.5 Å². The molecule has 1 fully saturated rings. The molecule has 1 N–H and O–H groups in total. The van der Waals surface area contributed by atoms with Crippen molar-refractivity contribution < 1.29 is 9.59 Å². The number of piperidine rings is 1. The lowest BCUT2D eigenvalue weighted by molar-refractivity contribution is -0.121. The molecule has 166 valence electrons. The second-order valence-corrected chi connectivity index (χ2v) is 10.0. The van der Waals surface area contributed by atoms with Crippen LogP contribution in [0.25, 0.3) is 0 Å². The Labute approximate surface area is 185 Å². The normalized spacial score (nSPS) is 22.1. The molecular weight excluding hydrogens is 396 g/mol. The lowest BCUT2D eigenvalue weighted by Gasteiger charge is -2.34. The van der Waals surface area contributed by atoms with Gasteiger partial charge in [-0.2, -0.15) is 0 Å². The van der Waals surface area contributed by atoms with E-state index < -0.39 is 0 Å². The molecule has 2 aliphatic heterocycles. The smallest absolute Gasteiger partial charge is 0.237 e. The zero-order valence-corrected chi connectivity index (χ0v) is 19.7. The minimum Gasteiger partial charge on any atom is -0.356 e. The summed E-state index contributed by atoms with van der Waals surface area (Å²) in [5, 5.41) is 3.97. The second kappa shape index (κ2) is 10.6. The summed E-state index contributed by atoms with van der Waals surface area (Å²) in [6.45, 7) is 13.3. The van der Waals surface area contributed by atoms with Crippen LogP contribution in [0, 0.1) is 25.7 Å². The van der Waals surface area contributed by atoms with Gasteiger partial charge in [-0.25, -0.2) is 4.98 Å². The van der Waals surface area contributed by atoms with Crippen LogP contribution in [0.2, 0.25) is 0 Å². The highest BCUT2D eigenvalue weighted by Gasteiger charge is 2.27. The number of aromatic nitrogens is 1. The molecule has 0 saturated carbocycles. The summed E-state index contributed by atoms with van der Waals surface area (Å²) in [7, 11) is 0. The van der Waals surface area contributed by atoms with Gasteiger partial charge in [0, 0.05) is 38.3 Å². The van der Waals surface area contributed by atoms with E-state index in [1.165, 1.54) is 31.3 Å². The van der Waals surface area contributed by atoms with Crippen LogP contribution >= 0.6 is 11.8 Å². The molecule has 3 heterocycles. The molecule has 0 spiro atoms. The maximum atomic E-state index is 12.4. The Morgan fingerprint density at radius 2 is 1.93 bits per heavy atom. The van der Waals surface area contributed by atoms with Crippen LogP contribution in [-0.2, 0) is 9.59 Å². The van der Waals surface area contributed by atoms with Crippen LogP contribution in [-0.4, -0.2) is 60.2 Å². The first-order valence-corrected chi connectivity index (χ1v) is 12.2. The Kier molecular flexibility index (Phi) is 8.17. The Morgan fingerprint density at radius 3 is 2.67 bits per heavy atom. The lowest BCUT2D eigenvalue weighted by Crippen LogP contribution is -2.40. The monoisotopic (exact) mass is 432 g/mol. The summed E-state index contributed by atoms with van der Waals surface area (Å²) in [6, 6.07) is 2.02. The van der Waals surface area contributed by atoms with E-state index in [0.717, 1.165) is 53.3 Å². The number of rotatable bonds is 8. The van der Waals surface area contributed by atoms with Crippen LogP contribution in [0.3, 0.4) is 0 Å². The molecule has 0 unspecified atom stereocenters. The first-order chi connectivity index (χ1) is 14.3. The maximum absolute atomic E-state index is 12.4. The van der Waals surface area contributed by atoms with E-state index in [4.69, 9.17) is 0 Å². The first kappa shape index (κ1) is 23.1. The van der Waals surface area contributed by atoms with Gasteiger partial charge in [-0.05, 0) is 63.1 Å². The summed E-state index contributed by atoms with van der Waals surface area (Å²) in [6.07, 6.45) is 3.42. The van der Waals surface area contributed by atoms with Gasteiger partial charge in [0.2, 0.25) is 11.8 Å². The van der Waals surface area contributed by atoms with Gasteiger partial charge in [-0.15, -0.1) is 0 Å². The Bertz CT molecular complexity index is 760. The quantitative estimate of drug-likeness (QED) is 0.638. The summed E-state index contributed by atoms with van der Waals surface area (Å²) < 4.78 is 0. The van der Waals surface area contributed by atoms with Crippen LogP contribution in [0.1, 0.15) is 50.8 Å². The fourth-order valence-corrected chi connectivity index (χ4v) is 5.82. The standard InChI is InChI=1S/C23H36N4O2S/c1-16-11-17(2)14-26(13-16)9-6-8-24-20(28)7-5-10-27-21(29)15-30-23-22(27)18(3)12-19(4)25-23/h12,16-17H,5-11,13-15H2,1-4H3,(H,24,28)/t16-,17-/m0/s1. The predicted octanol–water partition coefficient (Wildman–Crippen LogP) is 3.40. The highest BCUT2D eigenvalue weighted by Crippen LogP contribution is 2.36. The van der Waals surface area contributed by atoms with Crippen LogP contribution < -0.4 is 10.2 Å². The third-order valence-corrected chi connectivity index (χ3v) is 6.84. The number of nitrogens with zero attached hydrogens (tertiary/aromatic N) is 3. The number of thioether (sulfide) groups is 1. The molecule has 2 amide bonds. The number of nitrogens with one attached hydrogen (secondary N) is 1. The van der Waals surface area contributed by atoms with Gasteiger partial charge in [-0.3, -0.25) is 9.59 Å². The number of anilines is 1. The van der Waals surface area contributed by atoms with E-state index in [1.54, 1.807) is 0 Å². The van der Waals surface area contributed by atoms with Crippen molar-refractivity contribution in [2.75, 3.05) is 43.4 Å². The van der Waals surface area contributed by atoms with Crippen molar-refractivity contribution in [1.82, 2.24) is 15.2 Å². The van der Waals surface area contributed by atoms with Crippen molar-refractivity contribution >= 4 is 29.3 Å². The lowest BCUT2D eigenvalue weighted by atomic mass is 9.92. The molecule has 6 nitrogen and oxygen atoms in total. The molecule has 1 saturated heterocycles. The van der Waals surface area contributed by atoms with Crippen molar-refractivity contribution in [2.24, 2.45) is 11.8 Å². The summed E-state index contributed by atoms with van der Waals surface area (Å²) in [5.41, 5.74) is 2.97. The Morgan fingerprint density at radius 1 is 1.20 bits per heavy atom. The highest BCUT2D eigenvalue weighted by atomic mass is 32.2. The molecule has 0 bridgehead atoms. The molecule has 0 aromatic carbocycles. The molecule has 2 aliphatic rings. The van der Waals surface area contributed by atoms with Crippen molar-refractivity contribution in [2.45, 2.75) is 58.4 Å². The molecule has 7 heteroatoms. The Balaban J connectivity index is 1.38. The fraction of sp³-hybridized carbons (Fsp3) is 0.696. The number of pyridine rings is 1. The number of amides is 2. The maximum Gasteiger partial charge on any atom is 0.237 e. The van der Waals surface area contributed by atoms with E-state index in [0.29, 0.717) is 25.1 Å². The molecule has 0 aliphatic carbocycles. The average Bonchev–Trinajstić information content (AvgIpc) is 2.66. The molecule has 3 rings (SSSR count). The molecule has 1 aromatic heterocycles. The number of hydrogen-bond acceptors (Lipinski definition) is 5. The van der Waals surface area contributed by atoms with E-state index >= 15 is 0 Å². The summed E-state index contributed by atoms with van der Waals surface area (Å²) in [5.74, 6) is 2.14. The van der Waals surface area contributed by atoms with Crippen LogP contribution in [0.15, 0.2) is 11.1 Å². The van der Waals surface area contributed by atoms with E-state index in [1.807, 2.05) is 24.8 Å². The van der Waals surface area contributed by atoms with Gasteiger partial charge in [0.25, 0.3) is 0 Å². The van der Waals surface area contributed by atoms with Gasteiger partial charge in [0.05, 0.1) is 11.4 Å². The molecule has 0 radical (unpaired) electrons. The van der Waals surface area contributed by atoms with Gasteiger partial charge in [0.1, 0.15) is 5.03 Å². The first-order valence-electron chi connectivity index (χ1n) is 11.2. The van der Waals surface area contributed by atoms with E-state index in [-0.39, 0.29) is 11.8 Å². The number of fused-ring (bicyclic) bond motifs is 1. The second-order valence-electron chi connectivity index (χ2n) is 9.08. The largest absolute Gasteiger partial charge is 0.356 e. The third-order valence-electron chi connectivity index (χ3n) is 5.89. The minimum absolute atomic E-state index is 0.0770. The van der Waals surface area contributed by atoms with Gasteiger partial charge in [0.15, 0.2) is 0 Å². The minimum atomic E-state index is 0.0770. The Hall–Kier alpha value is -1.60. The van der Waals surface area contributed by atoms with Crippen molar-refractivity contribution in [3.63, 3.8) is 0 Å². The van der Waals surface area contributed by atoms with Crippen molar-refractivity contribution in [3.8, 4) is 0 Å². The van der Waals surface area contributed by atoms with E-state index in [2.05, 4.69) is 29.0 Å². The van der Waals surface area contributed by atoms with Crippen molar-refractivity contribution in [3.05, 3.63) is 17.3 Å².